The van der Waals surface area contributed by atoms with Crippen molar-refractivity contribution in [3.63, 3.8) is 0 Å². The molecule has 0 aliphatic heterocycles. The van der Waals surface area contributed by atoms with Gasteiger partial charge in [0.2, 0.25) is 0 Å². The van der Waals surface area contributed by atoms with Crippen molar-refractivity contribution < 1.29 is 9.36 Å². The molecule has 0 aliphatic carbocycles. The first kappa shape index (κ1) is 13.3. The standard InChI is InChI=1S/C15H14NO2P/c1-12(15(16)17)19(18,13-8-4-2-5-9-13)14-10-6-3-7-11-14/h2-11H,1H2,(H2,16,17). The maximum atomic E-state index is 13.4. The number of carbonyl (C=O) groups is 1. The number of rotatable bonds is 4. The molecule has 0 aliphatic rings. The van der Waals surface area contributed by atoms with Crippen molar-refractivity contribution >= 4 is 23.7 Å². The lowest BCUT2D eigenvalue weighted by Crippen LogP contribution is -2.24. The predicted octanol–water partition coefficient (Wildman–Crippen LogP) is 2.00. The molecular weight excluding hydrogens is 257 g/mol. The molecule has 2 aromatic rings. The van der Waals surface area contributed by atoms with E-state index in [1.807, 2.05) is 12.1 Å². The van der Waals surface area contributed by atoms with Crippen molar-refractivity contribution in [3.05, 3.63) is 72.6 Å². The summed E-state index contributed by atoms with van der Waals surface area (Å²) >= 11 is 0. The maximum Gasteiger partial charge on any atom is 0.252 e. The second kappa shape index (κ2) is 5.25. The third-order valence-electron chi connectivity index (χ3n) is 2.90. The van der Waals surface area contributed by atoms with E-state index in [-0.39, 0.29) is 5.31 Å². The Morgan fingerprint density at radius 2 is 1.26 bits per heavy atom. The highest BCUT2D eigenvalue weighted by Gasteiger charge is 2.33. The van der Waals surface area contributed by atoms with E-state index in [0.29, 0.717) is 10.6 Å². The van der Waals surface area contributed by atoms with Gasteiger partial charge in [0.1, 0.15) is 0 Å². The first-order chi connectivity index (χ1) is 9.06. The van der Waals surface area contributed by atoms with Crippen LogP contribution in [0.3, 0.4) is 0 Å². The van der Waals surface area contributed by atoms with Gasteiger partial charge in [-0.15, -0.1) is 0 Å². The van der Waals surface area contributed by atoms with Gasteiger partial charge >= 0.3 is 0 Å². The van der Waals surface area contributed by atoms with Crippen molar-refractivity contribution in [3.8, 4) is 0 Å². The number of hydrogen-bond donors (Lipinski definition) is 1. The number of nitrogens with two attached hydrogens (primary N) is 1. The zero-order valence-corrected chi connectivity index (χ0v) is 11.2. The second-order valence-corrected chi connectivity index (χ2v) is 6.88. The molecule has 0 heterocycles. The minimum Gasteiger partial charge on any atom is -0.365 e. The van der Waals surface area contributed by atoms with Gasteiger partial charge in [0.25, 0.3) is 5.91 Å². The number of hydrogen-bond acceptors (Lipinski definition) is 2. The summed E-state index contributed by atoms with van der Waals surface area (Å²) in [5.74, 6) is -0.740. The van der Waals surface area contributed by atoms with Crippen LogP contribution in [0.1, 0.15) is 0 Å². The van der Waals surface area contributed by atoms with E-state index >= 15 is 0 Å². The molecule has 0 spiro atoms. The zero-order chi connectivity index (χ0) is 13.9. The number of benzene rings is 2. The molecule has 0 aromatic heterocycles. The average molecular weight is 271 g/mol. The lowest BCUT2D eigenvalue weighted by Gasteiger charge is -2.19. The smallest absolute Gasteiger partial charge is 0.252 e. The normalized spacial score (nSPS) is 10.9. The Labute approximate surface area is 112 Å². The quantitative estimate of drug-likeness (QED) is 0.683. The molecule has 19 heavy (non-hydrogen) atoms. The van der Waals surface area contributed by atoms with Crippen LogP contribution in [-0.2, 0) is 9.36 Å². The van der Waals surface area contributed by atoms with Crippen LogP contribution in [0.15, 0.2) is 72.6 Å². The molecule has 2 aromatic carbocycles. The third kappa shape index (κ3) is 2.38. The molecular formula is C15H14NO2P. The molecule has 0 saturated carbocycles. The van der Waals surface area contributed by atoms with Crippen LogP contribution in [-0.4, -0.2) is 5.91 Å². The van der Waals surface area contributed by atoms with Gasteiger partial charge in [0, 0.05) is 10.6 Å². The number of carbonyl (C=O) groups excluding carboxylic acids is 1. The van der Waals surface area contributed by atoms with Crippen LogP contribution in [0.5, 0.6) is 0 Å². The van der Waals surface area contributed by atoms with Crippen LogP contribution in [0.4, 0.5) is 0 Å². The van der Waals surface area contributed by atoms with E-state index in [4.69, 9.17) is 5.73 Å². The Morgan fingerprint density at radius 3 is 1.58 bits per heavy atom. The Kier molecular flexibility index (Phi) is 3.68. The molecule has 96 valence electrons. The monoisotopic (exact) mass is 271 g/mol. The third-order valence-corrected chi connectivity index (χ3v) is 5.94. The maximum absolute atomic E-state index is 13.4. The van der Waals surface area contributed by atoms with Crippen LogP contribution < -0.4 is 16.3 Å². The van der Waals surface area contributed by atoms with E-state index in [1.54, 1.807) is 48.5 Å². The topological polar surface area (TPSA) is 60.2 Å². The van der Waals surface area contributed by atoms with Crippen molar-refractivity contribution in [2.45, 2.75) is 0 Å². The highest BCUT2D eigenvalue weighted by atomic mass is 31.2. The molecule has 0 unspecified atom stereocenters. The first-order valence-corrected chi connectivity index (χ1v) is 7.48. The van der Waals surface area contributed by atoms with Crippen molar-refractivity contribution in [1.82, 2.24) is 0 Å². The van der Waals surface area contributed by atoms with Crippen molar-refractivity contribution in [2.24, 2.45) is 5.73 Å². The van der Waals surface area contributed by atoms with Gasteiger partial charge in [-0.2, -0.15) is 0 Å². The van der Waals surface area contributed by atoms with Crippen LogP contribution >= 0.6 is 7.14 Å². The molecule has 1 amide bonds. The fourth-order valence-electron chi connectivity index (χ4n) is 1.89. The summed E-state index contributed by atoms with van der Waals surface area (Å²) < 4.78 is 13.4. The molecule has 2 rings (SSSR count). The fraction of sp³-hybridized carbons (Fsp3) is 0. The van der Waals surface area contributed by atoms with Gasteiger partial charge in [-0.25, -0.2) is 0 Å². The summed E-state index contributed by atoms with van der Waals surface area (Å²) in [6, 6.07) is 17.7. The fourth-order valence-corrected chi connectivity index (χ4v) is 4.31. The van der Waals surface area contributed by atoms with Gasteiger partial charge in [-0.3, -0.25) is 4.79 Å². The summed E-state index contributed by atoms with van der Waals surface area (Å²) in [4.78, 5) is 11.4. The minimum atomic E-state index is -3.24. The molecule has 4 heteroatoms. The average Bonchev–Trinajstić information content (AvgIpc) is 2.47. The Balaban J connectivity index is 2.68. The van der Waals surface area contributed by atoms with Gasteiger partial charge in [-0.05, 0) is 0 Å². The molecule has 2 N–H and O–H groups in total. The molecule has 0 fully saturated rings. The highest BCUT2D eigenvalue weighted by Crippen LogP contribution is 2.50. The minimum absolute atomic E-state index is 0.0510. The number of primary amides is 1. The van der Waals surface area contributed by atoms with Crippen molar-refractivity contribution in [2.75, 3.05) is 0 Å². The highest BCUT2D eigenvalue weighted by molar-refractivity contribution is 7.83. The van der Waals surface area contributed by atoms with Gasteiger partial charge in [0.15, 0.2) is 7.14 Å². The van der Waals surface area contributed by atoms with E-state index in [9.17, 15) is 9.36 Å². The van der Waals surface area contributed by atoms with Gasteiger partial charge in [0.05, 0.1) is 5.31 Å². The Morgan fingerprint density at radius 1 is 0.895 bits per heavy atom. The summed E-state index contributed by atoms with van der Waals surface area (Å²) in [7, 11) is -3.24. The van der Waals surface area contributed by atoms with E-state index in [0.717, 1.165) is 0 Å². The molecule has 0 saturated heterocycles. The Bertz CT molecular complexity index is 607. The zero-order valence-electron chi connectivity index (χ0n) is 10.3. The largest absolute Gasteiger partial charge is 0.365 e. The van der Waals surface area contributed by atoms with Crippen LogP contribution in [0, 0.1) is 0 Å². The SMILES string of the molecule is C=C(C(N)=O)P(=O)(c1ccccc1)c1ccccc1. The van der Waals surface area contributed by atoms with E-state index < -0.39 is 13.0 Å². The molecule has 0 bridgehead atoms. The summed E-state index contributed by atoms with van der Waals surface area (Å²) in [5, 5.41) is 1.07. The summed E-state index contributed by atoms with van der Waals surface area (Å²) in [6.07, 6.45) is 0. The Hall–Kier alpha value is -2.12. The number of amides is 1. The van der Waals surface area contributed by atoms with Gasteiger partial charge < -0.3 is 10.3 Å². The lowest BCUT2D eigenvalue weighted by molar-refractivity contribution is -0.113. The van der Waals surface area contributed by atoms with Crippen LogP contribution in [0.25, 0.3) is 0 Å². The lowest BCUT2D eigenvalue weighted by atomic mass is 10.4. The molecule has 0 atom stereocenters. The summed E-state index contributed by atoms with van der Waals surface area (Å²) in [6.45, 7) is 3.64. The van der Waals surface area contributed by atoms with E-state index in [2.05, 4.69) is 6.58 Å². The van der Waals surface area contributed by atoms with Crippen molar-refractivity contribution in [1.29, 1.82) is 0 Å². The van der Waals surface area contributed by atoms with Crippen LogP contribution in [0.2, 0.25) is 0 Å². The first-order valence-electron chi connectivity index (χ1n) is 5.77. The van der Waals surface area contributed by atoms with Gasteiger partial charge in [-0.1, -0.05) is 67.2 Å². The summed E-state index contributed by atoms with van der Waals surface area (Å²) in [5.41, 5.74) is 5.29. The molecule has 3 nitrogen and oxygen atoms in total. The predicted molar refractivity (Wildman–Crippen MR) is 78.1 cm³/mol. The second-order valence-electron chi connectivity index (χ2n) is 4.09. The molecule has 0 radical (unpaired) electrons. The van der Waals surface area contributed by atoms with E-state index in [1.165, 1.54) is 0 Å².